The molecule has 2 unspecified atom stereocenters. The molecule has 0 amide bonds. The summed E-state index contributed by atoms with van der Waals surface area (Å²) in [6, 6.07) is 0. The number of hydrogen-bond donors (Lipinski definition) is 3. The molecule has 3 N–H and O–H groups in total. The van der Waals surface area contributed by atoms with Crippen molar-refractivity contribution in [1.29, 1.82) is 0 Å². The Balaban J connectivity index is 2.52. The maximum Gasteiger partial charge on any atom is 0.104 e. The van der Waals surface area contributed by atoms with Crippen LogP contribution in [0.15, 0.2) is 0 Å². The fourth-order valence-electron chi connectivity index (χ4n) is 1.26. The Labute approximate surface area is 65.4 Å². The first-order valence-corrected chi connectivity index (χ1v) is 3.75. The highest BCUT2D eigenvalue weighted by Gasteiger charge is 2.34. The first-order valence-electron chi connectivity index (χ1n) is 3.75. The Hall–Kier alpha value is -0.160. The minimum atomic E-state index is -0.812. The van der Waals surface area contributed by atoms with E-state index in [1.165, 1.54) is 0 Å². The lowest BCUT2D eigenvalue weighted by atomic mass is 9.92. The highest BCUT2D eigenvalue weighted by Crippen LogP contribution is 2.20. The van der Waals surface area contributed by atoms with Gasteiger partial charge in [-0.15, -0.1) is 0 Å². The van der Waals surface area contributed by atoms with Crippen LogP contribution in [0.5, 0.6) is 0 Å². The molecule has 4 atom stereocenters. The Bertz CT molecular complexity index is 126. The molecule has 11 heavy (non-hydrogen) atoms. The van der Waals surface area contributed by atoms with Crippen LogP contribution in [0.4, 0.5) is 0 Å². The molecule has 0 aromatic rings. The summed E-state index contributed by atoms with van der Waals surface area (Å²) >= 11 is 0. The summed E-state index contributed by atoms with van der Waals surface area (Å²) in [6.07, 6.45) is -1.93. The quantitative estimate of drug-likeness (QED) is 0.450. The largest absolute Gasteiger partial charge is 0.394 e. The summed E-state index contributed by atoms with van der Waals surface area (Å²) < 4.78 is 5.06. The Morgan fingerprint density at radius 2 is 2.09 bits per heavy atom. The van der Waals surface area contributed by atoms with E-state index < -0.39 is 12.2 Å². The lowest BCUT2D eigenvalue weighted by Gasteiger charge is -2.35. The molecule has 0 aromatic carbocycles. The maximum absolute atomic E-state index is 9.31. The minimum Gasteiger partial charge on any atom is -0.394 e. The van der Waals surface area contributed by atoms with Gasteiger partial charge in [-0.25, -0.2) is 0 Å². The van der Waals surface area contributed by atoms with Gasteiger partial charge < -0.3 is 20.1 Å². The van der Waals surface area contributed by atoms with Crippen molar-refractivity contribution in [2.45, 2.75) is 25.2 Å². The van der Waals surface area contributed by atoms with Crippen LogP contribution < -0.4 is 0 Å². The molecule has 0 saturated carbocycles. The molecular weight excluding hydrogens is 148 g/mol. The summed E-state index contributed by atoms with van der Waals surface area (Å²) in [7, 11) is 0. The van der Waals surface area contributed by atoms with E-state index in [4.69, 9.17) is 14.9 Å². The molecule has 0 aliphatic carbocycles. The molecule has 1 heterocycles. The number of aliphatic hydroxyl groups excluding tert-OH is 3. The van der Waals surface area contributed by atoms with E-state index >= 15 is 0 Å². The van der Waals surface area contributed by atoms with Crippen LogP contribution in [0.3, 0.4) is 0 Å². The average molecular weight is 162 g/mol. The number of aliphatic hydroxyl groups is 3. The van der Waals surface area contributed by atoms with Gasteiger partial charge in [-0.3, -0.25) is 0 Å². The molecule has 1 fully saturated rings. The smallest absolute Gasteiger partial charge is 0.104 e. The first-order chi connectivity index (χ1) is 5.16. The van der Waals surface area contributed by atoms with Gasteiger partial charge in [-0.2, -0.15) is 0 Å². The molecule has 0 bridgehead atoms. The van der Waals surface area contributed by atoms with Crippen LogP contribution in [0.2, 0.25) is 0 Å². The van der Waals surface area contributed by atoms with Crippen molar-refractivity contribution in [3.05, 3.63) is 0 Å². The molecule has 0 spiro atoms. The van der Waals surface area contributed by atoms with E-state index in [1.54, 1.807) is 6.92 Å². The van der Waals surface area contributed by atoms with E-state index in [0.29, 0.717) is 0 Å². The highest BCUT2D eigenvalue weighted by molar-refractivity contribution is 4.83. The van der Waals surface area contributed by atoms with Crippen molar-refractivity contribution < 1.29 is 20.1 Å². The predicted octanol–water partition coefficient (Wildman–Crippen LogP) is -1.26. The van der Waals surface area contributed by atoms with Crippen molar-refractivity contribution in [3.8, 4) is 0 Å². The molecule has 4 heteroatoms. The van der Waals surface area contributed by atoms with E-state index in [-0.39, 0.29) is 25.2 Å². The van der Waals surface area contributed by atoms with Gasteiger partial charge in [0.15, 0.2) is 0 Å². The van der Waals surface area contributed by atoms with E-state index in [1.807, 2.05) is 0 Å². The van der Waals surface area contributed by atoms with Crippen molar-refractivity contribution in [2.24, 2.45) is 5.92 Å². The van der Waals surface area contributed by atoms with E-state index in [9.17, 15) is 5.11 Å². The molecule has 0 aromatic heterocycles. The second-order valence-corrected chi connectivity index (χ2v) is 2.97. The van der Waals surface area contributed by atoms with Crippen LogP contribution in [0.1, 0.15) is 6.92 Å². The van der Waals surface area contributed by atoms with E-state index in [0.717, 1.165) is 0 Å². The van der Waals surface area contributed by atoms with Crippen molar-refractivity contribution in [1.82, 2.24) is 0 Å². The van der Waals surface area contributed by atoms with E-state index in [2.05, 4.69) is 0 Å². The third kappa shape index (κ3) is 1.70. The zero-order valence-corrected chi connectivity index (χ0v) is 6.47. The second kappa shape index (κ2) is 3.49. The fraction of sp³-hybridized carbons (Fsp3) is 1.00. The summed E-state index contributed by atoms with van der Waals surface area (Å²) in [5, 5.41) is 27.2. The standard InChI is InChI=1S/C7H14O4/c1-4-6(2-8)11-3-5(9)7(4)10/h4-10H,2-3H2,1H3/t4-,5+,6?,7?/m1/s1. The van der Waals surface area contributed by atoms with Gasteiger partial charge in [-0.05, 0) is 0 Å². The zero-order chi connectivity index (χ0) is 8.43. The Kier molecular flexibility index (Phi) is 2.84. The van der Waals surface area contributed by atoms with Gasteiger partial charge in [0.25, 0.3) is 0 Å². The number of hydrogen-bond acceptors (Lipinski definition) is 4. The normalized spacial score (nSPS) is 45.8. The molecule has 1 aliphatic rings. The topological polar surface area (TPSA) is 69.9 Å². The van der Waals surface area contributed by atoms with Gasteiger partial charge >= 0.3 is 0 Å². The SMILES string of the molecule is C[C@@H]1C(CO)OC[C@H](O)C1O. The third-order valence-electron chi connectivity index (χ3n) is 2.18. The van der Waals surface area contributed by atoms with Crippen LogP contribution in [0, 0.1) is 5.92 Å². The monoisotopic (exact) mass is 162 g/mol. The Morgan fingerprint density at radius 3 is 2.64 bits per heavy atom. The van der Waals surface area contributed by atoms with Crippen molar-refractivity contribution in [3.63, 3.8) is 0 Å². The highest BCUT2D eigenvalue weighted by atomic mass is 16.5. The zero-order valence-electron chi connectivity index (χ0n) is 6.47. The maximum atomic E-state index is 9.31. The molecule has 66 valence electrons. The van der Waals surface area contributed by atoms with Gasteiger partial charge in [0.1, 0.15) is 6.10 Å². The van der Waals surface area contributed by atoms with Crippen molar-refractivity contribution >= 4 is 0 Å². The summed E-state index contributed by atoms with van der Waals surface area (Å²) in [5.41, 5.74) is 0. The van der Waals surface area contributed by atoms with Crippen LogP contribution in [-0.2, 0) is 4.74 Å². The molecule has 1 rings (SSSR count). The van der Waals surface area contributed by atoms with Crippen LogP contribution in [0.25, 0.3) is 0 Å². The first kappa shape index (κ1) is 8.93. The lowest BCUT2D eigenvalue weighted by molar-refractivity contribution is -0.163. The third-order valence-corrected chi connectivity index (χ3v) is 2.18. The average Bonchev–Trinajstić information content (AvgIpc) is 2.01. The predicted molar refractivity (Wildman–Crippen MR) is 38.0 cm³/mol. The second-order valence-electron chi connectivity index (χ2n) is 2.97. The molecule has 0 radical (unpaired) electrons. The molecule has 4 nitrogen and oxygen atoms in total. The number of ether oxygens (including phenoxy) is 1. The van der Waals surface area contributed by atoms with Gasteiger partial charge in [0.05, 0.1) is 25.4 Å². The summed E-state index contributed by atoms with van der Waals surface area (Å²) in [5.74, 6) is -0.205. The van der Waals surface area contributed by atoms with Crippen LogP contribution >= 0.6 is 0 Å². The summed E-state index contributed by atoms with van der Waals surface area (Å²) in [6.45, 7) is 1.75. The lowest BCUT2D eigenvalue weighted by Crippen LogP contribution is -2.49. The molecule has 1 aliphatic heterocycles. The molecular formula is C7H14O4. The van der Waals surface area contributed by atoms with Gasteiger partial charge in [0, 0.05) is 5.92 Å². The van der Waals surface area contributed by atoms with Gasteiger partial charge in [0.2, 0.25) is 0 Å². The minimum absolute atomic E-state index is 0.106. The van der Waals surface area contributed by atoms with Gasteiger partial charge in [-0.1, -0.05) is 6.92 Å². The Morgan fingerprint density at radius 1 is 1.45 bits per heavy atom. The molecule has 1 saturated heterocycles. The van der Waals surface area contributed by atoms with Crippen molar-refractivity contribution in [2.75, 3.05) is 13.2 Å². The summed E-state index contributed by atoms with van der Waals surface area (Å²) in [4.78, 5) is 0. The fourth-order valence-corrected chi connectivity index (χ4v) is 1.26. The number of rotatable bonds is 1. The van der Waals surface area contributed by atoms with Crippen LogP contribution in [-0.4, -0.2) is 46.8 Å².